The highest BCUT2D eigenvalue weighted by Gasteiger charge is 2.30. The smallest absolute Gasteiger partial charge is 0.328 e. The van der Waals surface area contributed by atoms with Crippen LogP contribution in [-0.2, 0) is 10.2 Å². The summed E-state index contributed by atoms with van der Waals surface area (Å²) in [5.74, 6) is 0.544. The average Bonchev–Trinajstić information content (AvgIpc) is 3.97. The van der Waals surface area contributed by atoms with E-state index in [0.717, 1.165) is 85.9 Å². The van der Waals surface area contributed by atoms with Crippen molar-refractivity contribution in [1.29, 1.82) is 0 Å². The molecule has 0 aliphatic carbocycles. The van der Waals surface area contributed by atoms with Crippen LogP contribution in [0.15, 0.2) is 77.7 Å². The number of piperazine rings is 1. The van der Waals surface area contributed by atoms with E-state index < -0.39 is 23.2 Å². The van der Waals surface area contributed by atoms with Crippen LogP contribution >= 0.6 is 0 Å². The third-order valence-electron chi connectivity index (χ3n) is 12.6. The Morgan fingerprint density at radius 3 is 2.39 bits per heavy atom. The predicted molar refractivity (Wildman–Crippen MR) is 242 cm³/mol. The highest BCUT2D eigenvalue weighted by atomic mass is 19.1. The zero-order chi connectivity index (χ0) is 44.7. The molecule has 3 saturated heterocycles. The number of fused-ring (bicyclic) bond motifs is 1. The number of aromatic amines is 1. The Morgan fingerprint density at radius 2 is 1.70 bits per heavy atom. The van der Waals surface area contributed by atoms with Crippen LogP contribution in [0.25, 0.3) is 33.5 Å². The van der Waals surface area contributed by atoms with E-state index in [-0.39, 0.29) is 17.8 Å². The first-order valence-electron chi connectivity index (χ1n) is 22.0. The molecule has 3 aliphatic heterocycles. The molecule has 332 valence electrons. The summed E-state index contributed by atoms with van der Waals surface area (Å²) in [6, 6.07) is 18.3. The average molecular weight is 869 g/mol. The number of rotatable bonds is 10. The van der Waals surface area contributed by atoms with Crippen LogP contribution in [-0.4, -0.2) is 105 Å². The molecular formula is C47H53FN12O4. The minimum Gasteiger partial charge on any atom is -0.372 e. The van der Waals surface area contributed by atoms with Crippen molar-refractivity contribution in [3.05, 3.63) is 96.3 Å². The molecule has 3 fully saturated rings. The molecule has 7 heterocycles. The Morgan fingerprint density at radius 1 is 0.938 bits per heavy atom. The molecule has 3 aliphatic rings. The highest BCUT2D eigenvalue weighted by molar-refractivity contribution is 6.05. The normalized spacial score (nSPS) is 18.4. The molecule has 1 unspecified atom stereocenters. The minimum absolute atomic E-state index is 0.103. The van der Waals surface area contributed by atoms with E-state index in [0.29, 0.717) is 53.3 Å². The number of nitrogens with one attached hydrogen (secondary N) is 3. The number of amides is 4. The molecule has 0 spiro atoms. The lowest BCUT2D eigenvalue weighted by Gasteiger charge is -2.43. The van der Waals surface area contributed by atoms with Crippen molar-refractivity contribution >= 4 is 46.1 Å². The standard InChI is InChI=1S/C47H53FN12O4/c1-28-25-57(26-30-14-17-58(18-15-30)33-8-10-34(11-9-33)60-19-16-40(61)54-46(60)63)20-21-59(28)39-13-7-32(24-49-39)38-23-36-41(50-27-51-42(36)53-38)31-6-12-35(37(48)22-31)29(2)52-44(62)43-55-45(64-56-43)47(3,4)5/h6-13,22-24,27-30H,14-21,25-26H2,1-5H3,(H,52,62)(H,50,51,53)(H,54,61,63)/t28-,29?/m1/s1. The van der Waals surface area contributed by atoms with Gasteiger partial charge >= 0.3 is 6.03 Å². The van der Waals surface area contributed by atoms with Gasteiger partial charge in [-0.25, -0.2) is 24.1 Å². The topological polar surface area (TPSA) is 182 Å². The first kappa shape index (κ1) is 42.5. The molecule has 2 atom stereocenters. The first-order valence-corrected chi connectivity index (χ1v) is 22.0. The molecule has 0 radical (unpaired) electrons. The molecule has 0 saturated carbocycles. The van der Waals surface area contributed by atoms with Crippen molar-refractivity contribution < 1.29 is 23.3 Å². The van der Waals surface area contributed by atoms with Gasteiger partial charge in [-0.1, -0.05) is 38.1 Å². The van der Waals surface area contributed by atoms with Crippen molar-refractivity contribution in [2.75, 3.05) is 60.5 Å². The largest absolute Gasteiger partial charge is 0.372 e. The van der Waals surface area contributed by atoms with E-state index in [4.69, 9.17) is 9.51 Å². The number of H-pyrrole nitrogens is 1. The summed E-state index contributed by atoms with van der Waals surface area (Å²) in [6.45, 7) is 16.0. The number of pyridine rings is 1. The second kappa shape index (κ2) is 17.4. The molecule has 64 heavy (non-hydrogen) atoms. The fraction of sp³-hybridized carbons (Fsp3) is 0.404. The molecule has 2 aromatic carbocycles. The number of nitrogens with zero attached hydrogens (tertiary/aromatic N) is 9. The molecule has 4 aromatic heterocycles. The van der Waals surface area contributed by atoms with Gasteiger partial charge in [-0.15, -0.1) is 0 Å². The van der Waals surface area contributed by atoms with Crippen LogP contribution in [0.5, 0.6) is 0 Å². The number of aromatic nitrogens is 6. The lowest BCUT2D eigenvalue weighted by molar-refractivity contribution is -0.120. The first-order chi connectivity index (χ1) is 30.8. The highest BCUT2D eigenvalue weighted by Crippen LogP contribution is 2.33. The third kappa shape index (κ3) is 8.89. The molecule has 6 aromatic rings. The molecule has 3 N–H and O–H groups in total. The van der Waals surface area contributed by atoms with Crippen LogP contribution in [0.2, 0.25) is 0 Å². The summed E-state index contributed by atoms with van der Waals surface area (Å²) in [4.78, 5) is 67.2. The number of benzene rings is 2. The number of hydrogen-bond donors (Lipinski definition) is 3. The maximum absolute atomic E-state index is 15.7. The molecule has 16 nitrogen and oxygen atoms in total. The van der Waals surface area contributed by atoms with E-state index in [1.165, 1.54) is 12.4 Å². The Hall–Kier alpha value is -6.75. The van der Waals surface area contributed by atoms with Gasteiger partial charge in [0.25, 0.3) is 11.7 Å². The molecule has 17 heteroatoms. The van der Waals surface area contributed by atoms with E-state index in [9.17, 15) is 14.4 Å². The SMILES string of the molecule is CC(NC(=O)c1noc(C(C)(C)C)n1)c1ccc(-c2ncnc3[nH]c(-c4ccc(N5CCN(CC6CCN(c7ccc(N8CCC(=O)NC8=O)cc7)CC6)C[C@H]5C)nc4)cc23)cc1F. The van der Waals surface area contributed by atoms with E-state index in [2.05, 4.69) is 81.6 Å². The van der Waals surface area contributed by atoms with Crippen LogP contribution in [0.1, 0.15) is 82.0 Å². The number of halogens is 1. The van der Waals surface area contributed by atoms with Gasteiger partial charge < -0.3 is 24.6 Å². The number of anilines is 3. The maximum atomic E-state index is 15.7. The molecule has 9 rings (SSSR count). The van der Waals surface area contributed by atoms with Gasteiger partial charge in [0, 0.05) is 109 Å². The maximum Gasteiger partial charge on any atom is 0.328 e. The summed E-state index contributed by atoms with van der Waals surface area (Å²) < 4.78 is 20.9. The van der Waals surface area contributed by atoms with Crippen LogP contribution in [0.3, 0.4) is 0 Å². The van der Waals surface area contributed by atoms with Gasteiger partial charge in [0.15, 0.2) is 0 Å². The fourth-order valence-electron chi connectivity index (χ4n) is 8.96. The number of urea groups is 1. The Kier molecular flexibility index (Phi) is 11.6. The zero-order valence-corrected chi connectivity index (χ0v) is 36.8. The minimum atomic E-state index is -0.660. The molecular weight excluding hydrogens is 816 g/mol. The Labute approximate surface area is 370 Å². The monoisotopic (exact) mass is 868 g/mol. The second-order valence-electron chi connectivity index (χ2n) is 18.2. The van der Waals surface area contributed by atoms with Crippen molar-refractivity contribution in [3.8, 4) is 22.5 Å². The van der Waals surface area contributed by atoms with Gasteiger partial charge in [-0.3, -0.25) is 24.7 Å². The molecule has 4 amide bonds. The van der Waals surface area contributed by atoms with E-state index in [1.54, 1.807) is 24.0 Å². The number of imide groups is 1. The van der Waals surface area contributed by atoms with Gasteiger partial charge in [-0.2, -0.15) is 4.98 Å². The van der Waals surface area contributed by atoms with Gasteiger partial charge in [0.05, 0.1) is 11.7 Å². The Balaban J connectivity index is 0.782. The summed E-state index contributed by atoms with van der Waals surface area (Å²) in [5, 5.41) is 9.70. The van der Waals surface area contributed by atoms with Crippen LogP contribution < -0.4 is 25.3 Å². The number of carbonyl (C=O) groups is 3. The van der Waals surface area contributed by atoms with Gasteiger partial charge in [-0.05, 0) is 81.1 Å². The van der Waals surface area contributed by atoms with Crippen LogP contribution in [0.4, 0.5) is 26.4 Å². The number of hydrogen-bond acceptors (Lipinski definition) is 12. The lowest BCUT2D eigenvalue weighted by atomic mass is 9.95. The van der Waals surface area contributed by atoms with Crippen LogP contribution in [0, 0.1) is 11.7 Å². The fourth-order valence-corrected chi connectivity index (χ4v) is 8.96. The summed E-state index contributed by atoms with van der Waals surface area (Å²) in [5.41, 5.74) is 5.36. The summed E-state index contributed by atoms with van der Waals surface area (Å²) in [7, 11) is 0. The summed E-state index contributed by atoms with van der Waals surface area (Å²) >= 11 is 0. The van der Waals surface area contributed by atoms with Crippen molar-refractivity contribution in [3.63, 3.8) is 0 Å². The number of piperidine rings is 1. The number of carbonyl (C=O) groups excluding carboxylic acids is 3. The van der Waals surface area contributed by atoms with Crippen molar-refractivity contribution in [1.82, 2.24) is 45.6 Å². The summed E-state index contributed by atoms with van der Waals surface area (Å²) in [6.07, 6.45) is 5.91. The predicted octanol–water partition coefficient (Wildman–Crippen LogP) is 6.87. The lowest BCUT2D eigenvalue weighted by Crippen LogP contribution is -2.53. The van der Waals surface area contributed by atoms with Crippen molar-refractivity contribution in [2.24, 2.45) is 5.92 Å². The Bertz CT molecular complexity index is 2670. The quantitative estimate of drug-likeness (QED) is 0.130. The zero-order valence-electron chi connectivity index (χ0n) is 36.8. The third-order valence-corrected chi connectivity index (χ3v) is 12.6. The second-order valence-corrected chi connectivity index (χ2v) is 18.2. The van der Waals surface area contributed by atoms with E-state index >= 15 is 4.39 Å². The van der Waals surface area contributed by atoms with Crippen molar-refractivity contribution in [2.45, 2.75) is 71.4 Å². The molecule has 0 bridgehead atoms. The van der Waals surface area contributed by atoms with Gasteiger partial charge in [0.2, 0.25) is 11.8 Å². The van der Waals surface area contributed by atoms with E-state index in [1.807, 2.05) is 45.2 Å². The van der Waals surface area contributed by atoms with Gasteiger partial charge in [0.1, 0.15) is 23.6 Å².